The van der Waals surface area contributed by atoms with Crippen molar-refractivity contribution in [2.75, 3.05) is 27.3 Å². The van der Waals surface area contributed by atoms with E-state index in [4.69, 9.17) is 9.47 Å². The number of nitrogens with one attached hydrogen (secondary N) is 1. The maximum atomic E-state index is 5.47. The lowest BCUT2D eigenvalue weighted by Crippen LogP contribution is -2.61. The summed E-state index contributed by atoms with van der Waals surface area (Å²) in [6.45, 7) is 4.07. The Morgan fingerprint density at radius 2 is 2.08 bits per heavy atom. The third kappa shape index (κ3) is 1.97. The molecular formula is C9H19NO2. The number of ether oxygens (including phenoxy) is 2. The molecule has 0 spiro atoms. The fourth-order valence-corrected chi connectivity index (χ4v) is 1.59. The van der Waals surface area contributed by atoms with Crippen LogP contribution in [-0.2, 0) is 9.47 Å². The SMILES string of the molecule is CCC(CC1(OC)CNC1)OC. The first kappa shape index (κ1) is 9.96. The van der Waals surface area contributed by atoms with Gasteiger partial charge >= 0.3 is 0 Å². The van der Waals surface area contributed by atoms with Crippen molar-refractivity contribution in [1.29, 1.82) is 0 Å². The highest BCUT2D eigenvalue weighted by Gasteiger charge is 2.38. The molecule has 1 saturated heterocycles. The summed E-state index contributed by atoms with van der Waals surface area (Å²) in [6.07, 6.45) is 2.40. The summed E-state index contributed by atoms with van der Waals surface area (Å²) in [7, 11) is 3.55. The van der Waals surface area contributed by atoms with Crippen molar-refractivity contribution in [3.05, 3.63) is 0 Å². The Balaban J connectivity index is 2.35. The highest BCUT2D eigenvalue weighted by Crippen LogP contribution is 2.24. The zero-order valence-electron chi connectivity index (χ0n) is 8.22. The standard InChI is InChI=1S/C9H19NO2/c1-4-8(11-2)5-9(12-3)6-10-7-9/h8,10H,4-7H2,1-3H3. The van der Waals surface area contributed by atoms with E-state index in [1.807, 2.05) is 0 Å². The minimum atomic E-state index is 0.0523. The third-order valence-electron chi connectivity index (χ3n) is 2.72. The molecule has 3 nitrogen and oxygen atoms in total. The second-order valence-corrected chi connectivity index (χ2v) is 3.46. The molecule has 0 aliphatic carbocycles. The van der Waals surface area contributed by atoms with Gasteiger partial charge in [0, 0.05) is 33.7 Å². The van der Waals surface area contributed by atoms with Gasteiger partial charge in [0.2, 0.25) is 0 Å². The molecule has 3 heteroatoms. The lowest BCUT2D eigenvalue weighted by molar-refractivity contribution is -0.0873. The second-order valence-electron chi connectivity index (χ2n) is 3.46. The molecule has 0 aromatic heterocycles. The van der Waals surface area contributed by atoms with Crippen molar-refractivity contribution in [3.8, 4) is 0 Å². The molecule has 1 atom stereocenters. The average molecular weight is 173 g/mol. The fourth-order valence-electron chi connectivity index (χ4n) is 1.59. The molecule has 1 N–H and O–H groups in total. The summed E-state index contributed by atoms with van der Waals surface area (Å²) in [5.74, 6) is 0. The first-order valence-corrected chi connectivity index (χ1v) is 4.55. The predicted molar refractivity (Wildman–Crippen MR) is 48.3 cm³/mol. The molecule has 72 valence electrons. The van der Waals surface area contributed by atoms with Gasteiger partial charge in [-0.25, -0.2) is 0 Å². The average Bonchev–Trinajstić information content (AvgIpc) is 2.05. The van der Waals surface area contributed by atoms with Crippen LogP contribution in [0.3, 0.4) is 0 Å². The third-order valence-corrected chi connectivity index (χ3v) is 2.72. The molecule has 1 heterocycles. The molecule has 0 aromatic carbocycles. The zero-order chi connectivity index (χ0) is 9.03. The Labute approximate surface area is 74.4 Å². The monoisotopic (exact) mass is 173 g/mol. The predicted octanol–water partition coefficient (Wildman–Crippen LogP) is 0.790. The van der Waals surface area contributed by atoms with Crippen LogP contribution in [0.5, 0.6) is 0 Å². The molecular weight excluding hydrogens is 154 g/mol. The lowest BCUT2D eigenvalue weighted by Gasteiger charge is -2.43. The molecule has 0 aromatic rings. The van der Waals surface area contributed by atoms with Gasteiger partial charge in [0.05, 0.1) is 11.7 Å². The molecule has 0 saturated carbocycles. The van der Waals surface area contributed by atoms with Crippen LogP contribution in [0.15, 0.2) is 0 Å². The molecule has 0 amide bonds. The number of hydrogen-bond acceptors (Lipinski definition) is 3. The summed E-state index contributed by atoms with van der Waals surface area (Å²) in [5, 5.41) is 3.23. The second kappa shape index (κ2) is 4.21. The van der Waals surface area contributed by atoms with Crippen LogP contribution in [0.2, 0.25) is 0 Å². The van der Waals surface area contributed by atoms with Gasteiger partial charge in [0.15, 0.2) is 0 Å². The van der Waals surface area contributed by atoms with Gasteiger partial charge in [-0.15, -0.1) is 0 Å². The van der Waals surface area contributed by atoms with Crippen molar-refractivity contribution in [2.45, 2.75) is 31.5 Å². The van der Waals surface area contributed by atoms with Gasteiger partial charge in [-0.05, 0) is 6.42 Å². The Morgan fingerprint density at radius 3 is 2.33 bits per heavy atom. The summed E-state index contributed by atoms with van der Waals surface area (Å²) in [6, 6.07) is 0. The van der Waals surface area contributed by atoms with Crippen LogP contribution >= 0.6 is 0 Å². The van der Waals surface area contributed by atoms with Crippen LogP contribution in [0.1, 0.15) is 19.8 Å². The molecule has 1 unspecified atom stereocenters. The summed E-state index contributed by atoms with van der Waals surface area (Å²) in [4.78, 5) is 0. The van der Waals surface area contributed by atoms with E-state index in [1.54, 1.807) is 14.2 Å². The fraction of sp³-hybridized carbons (Fsp3) is 1.00. The molecule has 12 heavy (non-hydrogen) atoms. The highest BCUT2D eigenvalue weighted by atomic mass is 16.5. The van der Waals surface area contributed by atoms with Crippen LogP contribution < -0.4 is 5.32 Å². The number of hydrogen-bond donors (Lipinski definition) is 1. The Bertz CT molecular complexity index is 125. The van der Waals surface area contributed by atoms with Crippen LogP contribution in [-0.4, -0.2) is 39.0 Å². The lowest BCUT2D eigenvalue weighted by atomic mass is 9.89. The Hall–Kier alpha value is -0.120. The molecule has 0 bridgehead atoms. The quantitative estimate of drug-likeness (QED) is 0.666. The summed E-state index contributed by atoms with van der Waals surface area (Å²) >= 11 is 0. The van der Waals surface area contributed by atoms with Crippen molar-refractivity contribution in [2.24, 2.45) is 0 Å². The summed E-state index contributed by atoms with van der Waals surface area (Å²) in [5.41, 5.74) is 0.0523. The number of rotatable bonds is 5. The topological polar surface area (TPSA) is 30.5 Å². The Kier molecular flexibility index (Phi) is 3.50. The number of methoxy groups -OCH3 is 2. The summed E-state index contributed by atoms with van der Waals surface area (Å²) < 4.78 is 10.8. The van der Waals surface area contributed by atoms with Gasteiger partial charge in [0.1, 0.15) is 0 Å². The van der Waals surface area contributed by atoms with Crippen molar-refractivity contribution < 1.29 is 9.47 Å². The molecule has 0 radical (unpaired) electrons. The molecule has 1 fully saturated rings. The van der Waals surface area contributed by atoms with E-state index >= 15 is 0 Å². The minimum absolute atomic E-state index is 0.0523. The van der Waals surface area contributed by atoms with Gasteiger partial charge in [0.25, 0.3) is 0 Å². The van der Waals surface area contributed by atoms with Gasteiger partial charge in [-0.1, -0.05) is 6.92 Å². The largest absolute Gasteiger partial charge is 0.381 e. The van der Waals surface area contributed by atoms with E-state index in [2.05, 4.69) is 12.2 Å². The molecule has 1 rings (SSSR count). The van der Waals surface area contributed by atoms with Crippen LogP contribution in [0, 0.1) is 0 Å². The van der Waals surface area contributed by atoms with Gasteiger partial charge < -0.3 is 14.8 Å². The molecule has 1 aliphatic heterocycles. The van der Waals surface area contributed by atoms with Crippen molar-refractivity contribution in [3.63, 3.8) is 0 Å². The van der Waals surface area contributed by atoms with E-state index in [9.17, 15) is 0 Å². The smallest absolute Gasteiger partial charge is 0.0950 e. The Morgan fingerprint density at radius 1 is 1.42 bits per heavy atom. The minimum Gasteiger partial charge on any atom is -0.381 e. The van der Waals surface area contributed by atoms with Crippen LogP contribution in [0.4, 0.5) is 0 Å². The van der Waals surface area contributed by atoms with Gasteiger partial charge in [-0.2, -0.15) is 0 Å². The normalized spacial score (nSPS) is 23.2. The first-order valence-electron chi connectivity index (χ1n) is 4.55. The maximum Gasteiger partial charge on any atom is 0.0950 e. The first-order chi connectivity index (χ1) is 5.76. The van der Waals surface area contributed by atoms with E-state index in [1.165, 1.54) is 0 Å². The highest BCUT2D eigenvalue weighted by molar-refractivity contribution is 4.95. The van der Waals surface area contributed by atoms with E-state index < -0.39 is 0 Å². The van der Waals surface area contributed by atoms with Crippen molar-refractivity contribution in [1.82, 2.24) is 5.32 Å². The zero-order valence-corrected chi connectivity index (χ0v) is 8.22. The maximum absolute atomic E-state index is 5.47. The van der Waals surface area contributed by atoms with E-state index in [0.717, 1.165) is 25.9 Å². The molecule has 1 aliphatic rings. The van der Waals surface area contributed by atoms with Gasteiger partial charge in [-0.3, -0.25) is 0 Å². The van der Waals surface area contributed by atoms with Crippen molar-refractivity contribution >= 4 is 0 Å². The van der Waals surface area contributed by atoms with E-state index in [-0.39, 0.29) is 5.60 Å². The van der Waals surface area contributed by atoms with Crippen LogP contribution in [0.25, 0.3) is 0 Å². The van der Waals surface area contributed by atoms with E-state index in [0.29, 0.717) is 6.10 Å².